The van der Waals surface area contributed by atoms with Crippen LogP contribution in [0.2, 0.25) is 0 Å². The van der Waals surface area contributed by atoms with Crippen LogP contribution in [0.25, 0.3) is 0 Å². The predicted molar refractivity (Wildman–Crippen MR) is 138 cm³/mol. The van der Waals surface area contributed by atoms with Gasteiger partial charge in [0.05, 0.1) is 25.4 Å². The van der Waals surface area contributed by atoms with E-state index in [9.17, 15) is 10.2 Å². The Morgan fingerprint density at radius 1 is 0.659 bits per heavy atom. The Kier molecular flexibility index (Phi) is 8.86. The number of hydrogen-bond acceptors (Lipinski definition) is 6. The van der Waals surface area contributed by atoms with E-state index >= 15 is 35.1 Å². The molecule has 0 amide bonds. The summed E-state index contributed by atoms with van der Waals surface area (Å²) in [5.74, 6) is -21.2. The molecule has 0 saturated carbocycles. The molecule has 0 aromatic heterocycles. The molecule has 0 fully saturated rings. The molecule has 3 aromatic rings. The first kappa shape index (κ1) is 32.9. The highest BCUT2D eigenvalue weighted by molar-refractivity contribution is 5.58. The largest absolute Gasteiger partial charge is 0.497 e. The van der Waals surface area contributed by atoms with Crippen LogP contribution in [0.4, 0.5) is 35.1 Å². The highest BCUT2D eigenvalue weighted by Gasteiger charge is 2.65. The Morgan fingerprint density at radius 2 is 1.16 bits per heavy atom. The molecule has 3 atom stereocenters. The molecule has 44 heavy (non-hydrogen) atoms. The molecule has 3 aromatic carbocycles. The van der Waals surface area contributed by atoms with Gasteiger partial charge in [0.15, 0.2) is 40.2 Å². The van der Waals surface area contributed by atoms with Crippen molar-refractivity contribution in [1.29, 1.82) is 0 Å². The van der Waals surface area contributed by atoms with Crippen LogP contribution in [0.15, 0.2) is 77.7 Å². The molecule has 6 nitrogen and oxygen atoms in total. The summed E-state index contributed by atoms with van der Waals surface area (Å²) in [6.07, 6.45) is -3.40. The third-order valence-electron chi connectivity index (χ3n) is 7.49. The van der Waals surface area contributed by atoms with Crippen LogP contribution >= 0.6 is 0 Å². The van der Waals surface area contributed by atoms with Crippen molar-refractivity contribution in [1.82, 2.24) is 0 Å². The molecule has 0 radical (unpaired) electrons. The van der Waals surface area contributed by atoms with Crippen LogP contribution in [0.3, 0.4) is 0 Å². The maximum absolute atomic E-state index is 16.1. The lowest BCUT2D eigenvalue weighted by Gasteiger charge is -2.47. The van der Waals surface area contributed by atoms with Crippen LogP contribution in [-0.4, -0.2) is 50.6 Å². The number of halogens is 8. The van der Waals surface area contributed by atoms with E-state index in [1.807, 2.05) is 0 Å². The van der Waals surface area contributed by atoms with E-state index < -0.39 is 91.9 Å². The molecule has 0 aliphatic heterocycles. The number of alkyl halides is 1. The Morgan fingerprint density at radius 3 is 1.61 bits per heavy atom. The van der Waals surface area contributed by atoms with Crippen molar-refractivity contribution in [2.75, 3.05) is 28.4 Å². The summed E-state index contributed by atoms with van der Waals surface area (Å²) < 4.78 is 144. The SMILES string of the molecule is COc1ccc(C(O)(c2c(F)c(F)c(OC)c(F)c2F)C(O)(C2=C(F)C(F)C(OC)(OC)C(F)=C2F)c2ccccc2)cc1. The average Bonchev–Trinajstić information content (AvgIpc) is 3.04. The molecule has 1 aliphatic rings. The zero-order valence-electron chi connectivity index (χ0n) is 23.3. The second-order valence-corrected chi connectivity index (χ2v) is 9.47. The van der Waals surface area contributed by atoms with Crippen molar-refractivity contribution in [2.45, 2.75) is 23.2 Å². The van der Waals surface area contributed by atoms with E-state index in [0.717, 1.165) is 48.5 Å². The van der Waals surface area contributed by atoms with Gasteiger partial charge in [0, 0.05) is 14.2 Å². The zero-order chi connectivity index (χ0) is 32.8. The summed E-state index contributed by atoms with van der Waals surface area (Å²) in [7, 11) is 3.16. The van der Waals surface area contributed by atoms with E-state index in [1.165, 1.54) is 13.2 Å². The highest BCUT2D eigenvalue weighted by Crippen LogP contribution is 2.58. The van der Waals surface area contributed by atoms with Gasteiger partial charge in [-0.05, 0) is 23.3 Å². The first-order chi connectivity index (χ1) is 20.7. The molecule has 2 N–H and O–H groups in total. The van der Waals surface area contributed by atoms with Crippen LogP contribution in [-0.2, 0) is 20.7 Å². The Hall–Kier alpha value is -3.98. The fraction of sp³-hybridized carbons (Fsp3) is 0.267. The van der Waals surface area contributed by atoms with Gasteiger partial charge in [-0.15, -0.1) is 0 Å². The second-order valence-electron chi connectivity index (χ2n) is 9.47. The van der Waals surface area contributed by atoms with Crippen molar-refractivity contribution in [2.24, 2.45) is 0 Å². The van der Waals surface area contributed by atoms with E-state index in [4.69, 9.17) is 4.74 Å². The predicted octanol–water partition coefficient (Wildman–Crippen LogP) is 6.10. The van der Waals surface area contributed by atoms with Gasteiger partial charge in [-0.1, -0.05) is 42.5 Å². The van der Waals surface area contributed by atoms with Crippen molar-refractivity contribution in [3.8, 4) is 11.5 Å². The van der Waals surface area contributed by atoms with Gasteiger partial charge in [0.1, 0.15) is 11.6 Å². The number of benzene rings is 3. The Balaban J connectivity index is 2.29. The normalized spacial score (nSPS) is 19.5. The molecule has 0 spiro atoms. The van der Waals surface area contributed by atoms with Gasteiger partial charge in [-0.2, -0.15) is 8.78 Å². The van der Waals surface area contributed by atoms with Gasteiger partial charge in [-0.3, -0.25) is 0 Å². The number of methoxy groups -OCH3 is 4. The molecule has 236 valence electrons. The topological polar surface area (TPSA) is 77.4 Å². The molecule has 3 unspecified atom stereocenters. The van der Waals surface area contributed by atoms with Crippen LogP contribution in [0.1, 0.15) is 16.7 Å². The molecule has 4 rings (SSSR count). The standard InChI is InChI=1S/C30H24F8O6/c1-41-16-12-10-15(11-13-16)29(40,17-19(31)23(35)25(42-2)24(36)20(17)32)28(39,14-8-6-5-7-9-14)18-21(33)26(37)30(43-3,44-4)27(38)22(18)34/h5-13,26,39-40H,1-4H3. The molecule has 0 saturated heterocycles. The summed E-state index contributed by atoms with van der Waals surface area (Å²) in [6.45, 7) is 0. The highest BCUT2D eigenvalue weighted by atomic mass is 19.2. The maximum atomic E-state index is 16.1. The number of ether oxygens (including phenoxy) is 4. The lowest BCUT2D eigenvalue weighted by molar-refractivity contribution is -0.226. The molecule has 0 heterocycles. The number of aliphatic hydroxyl groups is 2. The lowest BCUT2D eigenvalue weighted by atomic mass is 9.64. The van der Waals surface area contributed by atoms with Gasteiger partial charge >= 0.3 is 0 Å². The zero-order valence-corrected chi connectivity index (χ0v) is 23.3. The van der Waals surface area contributed by atoms with Gasteiger partial charge < -0.3 is 29.2 Å². The first-order valence-corrected chi connectivity index (χ1v) is 12.5. The van der Waals surface area contributed by atoms with Crippen molar-refractivity contribution >= 4 is 0 Å². The number of hydrogen-bond donors (Lipinski definition) is 2. The van der Waals surface area contributed by atoms with Crippen molar-refractivity contribution < 1.29 is 64.3 Å². The molecule has 0 bridgehead atoms. The minimum atomic E-state index is -4.02. The van der Waals surface area contributed by atoms with E-state index in [0.29, 0.717) is 21.3 Å². The van der Waals surface area contributed by atoms with E-state index in [1.54, 1.807) is 0 Å². The van der Waals surface area contributed by atoms with Gasteiger partial charge in [0.2, 0.25) is 17.8 Å². The molecular formula is C30H24F8O6. The summed E-state index contributed by atoms with van der Waals surface area (Å²) in [5, 5.41) is 24.9. The van der Waals surface area contributed by atoms with Crippen LogP contribution in [0.5, 0.6) is 11.5 Å². The fourth-order valence-corrected chi connectivity index (χ4v) is 5.26. The summed E-state index contributed by atoms with van der Waals surface area (Å²) >= 11 is 0. The molecular weight excluding hydrogens is 608 g/mol. The quantitative estimate of drug-likeness (QED) is 0.169. The lowest BCUT2D eigenvalue weighted by Crippen LogP contribution is -2.56. The monoisotopic (exact) mass is 632 g/mol. The van der Waals surface area contributed by atoms with E-state index in [2.05, 4.69) is 14.2 Å². The number of rotatable bonds is 9. The maximum Gasteiger partial charge on any atom is 0.263 e. The molecule has 14 heteroatoms. The van der Waals surface area contributed by atoms with Crippen molar-refractivity contribution in [3.63, 3.8) is 0 Å². The summed E-state index contributed by atoms with van der Waals surface area (Å²) in [6, 6.07) is 9.04. The minimum absolute atomic E-state index is 0.0429. The molecule has 1 aliphatic carbocycles. The minimum Gasteiger partial charge on any atom is -0.497 e. The van der Waals surface area contributed by atoms with Crippen LogP contribution < -0.4 is 9.47 Å². The fourth-order valence-electron chi connectivity index (χ4n) is 5.26. The Bertz CT molecular complexity index is 1600. The van der Waals surface area contributed by atoms with Gasteiger partial charge in [-0.25, -0.2) is 26.3 Å². The second kappa shape index (κ2) is 11.8. The van der Waals surface area contributed by atoms with E-state index in [-0.39, 0.29) is 5.75 Å². The first-order valence-electron chi connectivity index (χ1n) is 12.5. The Labute approximate surface area is 245 Å². The van der Waals surface area contributed by atoms with Crippen molar-refractivity contribution in [3.05, 3.63) is 118 Å². The third kappa shape index (κ3) is 4.38. The van der Waals surface area contributed by atoms with Gasteiger partial charge in [0.25, 0.3) is 5.79 Å². The summed E-state index contributed by atoms with van der Waals surface area (Å²) in [5.41, 5.74) is -13.8. The average molecular weight is 633 g/mol. The smallest absolute Gasteiger partial charge is 0.263 e. The van der Waals surface area contributed by atoms with Crippen LogP contribution in [0, 0.1) is 23.3 Å². The third-order valence-corrected chi connectivity index (χ3v) is 7.49. The summed E-state index contributed by atoms with van der Waals surface area (Å²) in [4.78, 5) is 0.